The Hall–Kier alpha value is -3.17. The normalized spacial score (nSPS) is 20.4. The predicted molar refractivity (Wildman–Crippen MR) is 151 cm³/mol. The first-order valence-corrected chi connectivity index (χ1v) is 13.7. The standard InChI is InChI=1S/C28H34N4O4S/c1-4-32-27(33)26(18-20-17-25(35-3)23(19-24(20)34-2)31-11-5-6-12-31)37-28(32)29-21-7-9-22(10-8-21)30-13-15-36-16-14-30/h7-10,17-19H,4-6,11-16H2,1-3H3. The van der Waals surface area contributed by atoms with Crippen LogP contribution in [0.2, 0.25) is 0 Å². The lowest BCUT2D eigenvalue weighted by Gasteiger charge is -2.28. The van der Waals surface area contributed by atoms with Crippen molar-refractivity contribution in [1.82, 2.24) is 4.90 Å². The third-order valence-corrected chi connectivity index (χ3v) is 7.93. The van der Waals surface area contributed by atoms with E-state index in [1.54, 1.807) is 19.1 Å². The van der Waals surface area contributed by atoms with Crippen LogP contribution in [0.1, 0.15) is 25.3 Å². The molecule has 8 nitrogen and oxygen atoms in total. The van der Waals surface area contributed by atoms with E-state index in [0.717, 1.165) is 73.5 Å². The largest absolute Gasteiger partial charge is 0.496 e. The second kappa shape index (κ2) is 11.5. The lowest BCUT2D eigenvalue weighted by atomic mass is 10.1. The van der Waals surface area contributed by atoms with Gasteiger partial charge in [-0.25, -0.2) is 4.99 Å². The Balaban J connectivity index is 1.41. The molecule has 0 atom stereocenters. The maximum absolute atomic E-state index is 13.3. The fraction of sp³-hybridized carbons (Fsp3) is 0.429. The van der Waals surface area contributed by atoms with E-state index in [0.29, 0.717) is 16.6 Å². The number of carbonyl (C=O) groups is 1. The van der Waals surface area contributed by atoms with Gasteiger partial charge >= 0.3 is 0 Å². The van der Waals surface area contributed by atoms with Crippen molar-refractivity contribution < 1.29 is 19.0 Å². The summed E-state index contributed by atoms with van der Waals surface area (Å²) >= 11 is 1.39. The third kappa shape index (κ3) is 5.43. The Kier molecular flexibility index (Phi) is 7.90. The van der Waals surface area contributed by atoms with Gasteiger partial charge in [0.2, 0.25) is 0 Å². The first-order valence-electron chi connectivity index (χ1n) is 12.8. The number of methoxy groups -OCH3 is 2. The average molecular weight is 523 g/mol. The number of carbonyl (C=O) groups excluding carboxylic acids is 1. The van der Waals surface area contributed by atoms with Crippen LogP contribution in [0.5, 0.6) is 11.5 Å². The van der Waals surface area contributed by atoms with Crippen molar-refractivity contribution in [2.24, 2.45) is 4.99 Å². The molecule has 3 saturated heterocycles. The van der Waals surface area contributed by atoms with E-state index in [-0.39, 0.29) is 5.91 Å². The van der Waals surface area contributed by atoms with Crippen LogP contribution in [0.3, 0.4) is 0 Å². The van der Waals surface area contributed by atoms with Crippen molar-refractivity contribution >= 4 is 46.0 Å². The second-order valence-corrected chi connectivity index (χ2v) is 10.1. The van der Waals surface area contributed by atoms with Gasteiger partial charge in [-0.15, -0.1) is 0 Å². The van der Waals surface area contributed by atoms with E-state index < -0.39 is 0 Å². The summed E-state index contributed by atoms with van der Waals surface area (Å²) in [4.78, 5) is 25.1. The molecule has 3 aliphatic heterocycles. The number of hydrogen-bond acceptors (Lipinski definition) is 8. The minimum atomic E-state index is -0.0548. The van der Waals surface area contributed by atoms with Gasteiger partial charge < -0.3 is 24.0 Å². The molecule has 0 N–H and O–H groups in total. The van der Waals surface area contributed by atoms with E-state index >= 15 is 0 Å². The number of hydrogen-bond donors (Lipinski definition) is 0. The summed E-state index contributed by atoms with van der Waals surface area (Å²) in [6, 6.07) is 12.1. The Bertz CT molecular complexity index is 1190. The molecule has 1 amide bonds. The van der Waals surface area contributed by atoms with Crippen molar-refractivity contribution in [3.8, 4) is 11.5 Å². The van der Waals surface area contributed by atoms with E-state index in [1.807, 2.05) is 37.3 Å². The van der Waals surface area contributed by atoms with Crippen LogP contribution in [0.25, 0.3) is 6.08 Å². The lowest BCUT2D eigenvalue weighted by molar-refractivity contribution is -0.122. The first-order chi connectivity index (χ1) is 18.1. The first kappa shape index (κ1) is 25.5. The molecule has 9 heteroatoms. The topological polar surface area (TPSA) is 66.8 Å². The van der Waals surface area contributed by atoms with Crippen molar-refractivity contribution in [3.63, 3.8) is 0 Å². The number of benzene rings is 2. The van der Waals surface area contributed by atoms with Gasteiger partial charge in [-0.1, -0.05) is 0 Å². The van der Waals surface area contributed by atoms with Gasteiger partial charge in [0.05, 0.1) is 43.7 Å². The summed E-state index contributed by atoms with van der Waals surface area (Å²) in [5, 5.41) is 0.678. The molecule has 5 rings (SSSR count). The number of nitrogens with zero attached hydrogens (tertiary/aromatic N) is 4. The SMILES string of the molecule is CCN1C(=O)C(=Cc2cc(OC)c(N3CCCC3)cc2OC)SC1=Nc1ccc(N2CCOCC2)cc1. The van der Waals surface area contributed by atoms with Crippen LogP contribution in [-0.4, -0.2) is 76.1 Å². The average Bonchev–Trinajstić information content (AvgIpc) is 3.57. The van der Waals surface area contributed by atoms with E-state index in [1.165, 1.54) is 24.6 Å². The molecule has 0 aromatic heterocycles. The van der Waals surface area contributed by atoms with Gasteiger partial charge in [0.1, 0.15) is 11.5 Å². The summed E-state index contributed by atoms with van der Waals surface area (Å²) in [5.41, 5.74) is 3.82. The smallest absolute Gasteiger partial charge is 0.266 e. The summed E-state index contributed by atoms with van der Waals surface area (Å²) < 4.78 is 16.9. The number of thioether (sulfide) groups is 1. The van der Waals surface area contributed by atoms with Gasteiger partial charge in [-0.2, -0.15) is 0 Å². The quantitative estimate of drug-likeness (QED) is 0.486. The molecular formula is C28H34N4O4S. The zero-order valence-corrected chi connectivity index (χ0v) is 22.6. The Labute approximate surface area is 222 Å². The van der Waals surface area contributed by atoms with E-state index in [9.17, 15) is 4.79 Å². The number of rotatable bonds is 7. The minimum absolute atomic E-state index is 0.0548. The maximum atomic E-state index is 13.3. The predicted octanol–water partition coefficient (Wildman–Crippen LogP) is 4.76. The Morgan fingerprint density at radius 2 is 1.68 bits per heavy atom. The number of morpholine rings is 1. The fourth-order valence-corrected chi connectivity index (χ4v) is 5.96. The number of likely N-dealkylation sites (N-methyl/N-ethyl adjacent to an activating group) is 1. The van der Waals surface area contributed by atoms with Gasteiger partial charge in [-0.3, -0.25) is 9.69 Å². The van der Waals surface area contributed by atoms with Crippen LogP contribution < -0.4 is 19.3 Å². The molecule has 3 fully saturated rings. The molecule has 3 heterocycles. The summed E-state index contributed by atoms with van der Waals surface area (Å²) in [7, 11) is 3.34. The third-order valence-electron chi connectivity index (χ3n) is 6.92. The van der Waals surface area contributed by atoms with Crippen molar-refractivity contribution in [2.45, 2.75) is 19.8 Å². The van der Waals surface area contributed by atoms with Gasteiger partial charge in [0.25, 0.3) is 5.91 Å². The van der Waals surface area contributed by atoms with Crippen molar-refractivity contribution in [2.75, 3.05) is 70.0 Å². The number of anilines is 2. The number of ether oxygens (including phenoxy) is 3. The highest BCUT2D eigenvalue weighted by atomic mass is 32.2. The summed E-state index contributed by atoms with van der Waals surface area (Å²) in [6.07, 6.45) is 4.23. The molecule has 0 bridgehead atoms. The lowest BCUT2D eigenvalue weighted by Crippen LogP contribution is -2.36. The highest BCUT2D eigenvalue weighted by Gasteiger charge is 2.33. The summed E-state index contributed by atoms with van der Waals surface area (Å²) in [6.45, 7) is 7.81. The zero-order valence-electron chi connectivity index (χ0n) is 21.7. The van der Waals surface area contributed by atoms with Crippen molar-refractivity contribution in [3.05, 3.63) is 46.9 Å². The van der Waals surface area contributed by atoms with Crippen molar-refractivity contribution in [1.29, 1.82) is 0 Å². The molecule has 2 aromatic rings. The van der Waals surface area contributed by atoms with Crippen LogP contribution in [0.15, 0.2) is 46.3 Å². The number of amidine groups is 1. The van der Waals surface area contributed by atoms with Crippen LogP contribution in [0.4, 0.5) is 17.1 Å². The molecule has 196 valence electrons. The molecule has 0 spiro atoms. The highest BCUT2D eigenvalue weighted by Crippen LogP contribution is 2.40. The summed E-state index contributed by atoms with van der Waals surface area (Å²) in [5.74, 6) is 1.45. The van der Waals surface area contributed by atoms with Crippen LogP contribution in [-0.2, 0) is 9.53 Å². The molecule has 3 aliphatic rings. The maximum Gasteiger partial charge on any atom is 0.266 e. The second-order valence-electron chi connectivity index (χ2n) is 9.13. The Morgan fingerprint density at radius 3 is 2.32 bits per heavy atom. The molecule has 2 aromatic carbocycles. The van der Waals surface area contributed by atoms with E-state index in [4.69, 9.17) is 19.2 Å². The van der Waals surface area contributed by atoms with E-state index in [2.05, 4.69) is 21.9 Å². The Morgan fingerprint density at radius 1 is 0.973 bits per heavy atom. The van der Waals surface area contributed by atoms with Gasteiger partial charge in [0, 0.05) is 50.0 Å². The zero-order chi connectivity index (χ0) is 25.8. The van der Waals surface area contributed by atoms with Gasteiger partial charge in [-0.05, 0) is 67.9 Å². The molecule has 0 unspecified atom stereocenters. The molecule has 0 aliphatic carbocycles. The van der Waals surface area contributed by atoms with Crippen LogP contribution >= 0.6 is 11.8 Å². The highest BCUT2D eigenvalue weighted by molar-refractivity contribution is 8.18. The monoisotopic (exact) mass is 522 g/mol. The molecule has 0 saturated carbocycles. The van der Waals surface area contributed by atoms with Gasteiger partial charge in [0.15, 0.2) is 5.17 Å². The number of aliphatic imine (C=N–C) groups is 1. The number of amides is 1. The fourth-order valence-electron chi connectivity index (χ4n) is 4.90. The minimum Gasteiger partial charge on any atom is -0.496 e. The molecule has 0 radical (unpaired) electrons. The molecule has 37 heavy (non-hydrogen) atoms. The van der Waals surface area contributed by atoms with Crippen LogP contribution in [0, 0.1) is 0 Å². The molecular weight excluding hydrogens is 488 g/mol.